The van der Waals surface area contributed by atoms with Crippen LogP contribution >= 0.6 is 11.8 Å². The number of carbonyl (C=O) groups excluding carboxylic acids is 1. The first-order chi connectivity index (χ1) is 14.0. The van der Waals surface area contributed by atoms with Gasteiger partial charge in [-0.05, 0) is 54.2 Å². The van der Waals surface area contributed by atoms with Crippen molar-refractivity contribution in [3.8, 4) is 17.1 Å². The number of carboxylic acid groups (broad SMARTS) is 1. The van der Waals surface area contributed by atoms with Crippen LogP contribution in [0.2, 0.25) is 0 Å². The number of carboxylic acids is 1. The number of phenolic OH excluding ortho intramolecular Hbond substituents is 1. The number of aromatic carboxylic acids is 1. The number of amidine groups is 1. The van der Waals surface area contributed by atoms with Crippen molar-refractivity contribution in [3.63, 3.8) is 0 Å². The van der Waals surface area contributed by atoms with Gasteiger partial charge in [0.15, 0.2) is 0 Å². The average Bonchev–Trinajstić information content (AvgIpc) is 3.29. The summed E-state index contributed by atoms with van der Waals surface area (Å²) in [7, 11) is 0. The van der Waals surface area contributed by atoms with Gasteiger partial charge in [0.2, 0.25) is 0 Å². The van der Waals surface area contributed by atoms with Crippen molar-refractivity contribution in [2.24, 2.45) is 4.99 Å². The van der Waals surface area contributed by atoms with Crippen molar-refractivity contribution >= 4 is 40.6 Å². The third-order valence-electron chi connectivity index (χ3n) is 4.04. The van der Waals surface area contributed by atoms with Crippen molar-refractivity contribution in [2.45, 2.75) is 0 Å². The number of nitrogens with one attached hydrogen (secondary N) is 1. The number of aromatic hydroxyl groups is 1. The molecule has 3 aromatic rings. The summed E-state index contributed by atoms with van der Waals surface area (Å²) >= 11 is 0.995. The zero-order chi connectivity index (χ0) is 20.4. The molecule has 1 saturated heterocycles. The molecule has 1 aliphatic heterocycles. The second-order valence-electron chi connectivity index (χ2n) is 6.09. The van der Waals surface area contributed by atoms with Crippen LogP contribution in [0.15, 0.2) is 75.0 Å². The van der Waals surface area contributed by atoms with Gasteiger partial charge in [-0.1, -0.05) is 18.2 Å². The molecule has 1 aromatic heterocycles. The molecule has 144 valence electrons. The van der Waals surface area contributed by atoms with Gasteiger partial charge in [0, 0.05) is 11.6 Å². The minimum Gasteiger partial charge on any atom is -0.508 e. The van der Waals surface area contributed by atoms with Gasteiger partial charge in [-0.3, -0.25) is 4.79 Å². The maximum atomic E-state index is 11.8. The highest BCUT2D eigenvalue weighted by Crippen LogP contribution is 2.31. The monoisotopic (exact) mass is 406 g/mol. The van der Waals surface area contributed by atoms with Crippen molar-refractivity contribution < 1.29 is 24.2 Å². The van der Waals surface area contributed by atoms with Gasteiger partial charge in [0.05, 0.1) is 16.2 Å². The average molecular weight is 406 g/mol. The van der Waals surface area contributed by atoms with E-state index in [-0.39, 0.29) is 16.6 Å². The number of aliphatic imine (C=N–C) groups is 1. The van der Waals surface area contributed by atoms with Crippen LogP contribution in [0.3, 0.4) is 0 Å². The molecule has 3 N–H and O–H groups in total. The Kier molecular flexibility index (Phi) is 4.92. The van der Waals surface area contributed by atoms with Gasteiger partial charge < -0.3 is 19.9 Å². The molecule has 29 heavy (non-hydrogen) atoms. The lowest BCUT2D eigenvalue weighted by Crippen LogP contribution is -2.18. The highest BCUT2D eigenvalue weighted by Gasteiger charge is 2.24. The van der Waals surface area contributed by atoms with E-state index < -0.39 is 5.97 Å². The second kappa shape index (κ2) is 7.69. The quantitative estimate of drug-likeness (QED) is 0.569. The molecule has 1 fully saturated rings. The zero-order valence-electron chi connectivity index (χ0n) is 14.8. The van der Waals surface area contributed by atoms with Crippen LogP contribution in [0.4, 0.5) is 10.5 Å². The van der Waals surface area contributed by atoms with Crippen LogP contribution in [0.1, 0.15) is 16.1 Å². The number of nitrogens with zero attached hydrogens (tertiary/aromatic N) is 1. The van der Waals surface area contributed by atoms with E-state index in [2.05, 4.69) is 10.3 Å². The molecule has 8 heteroatoms. The van der Waals surface area contributed by atoms with Gasteiger partial charge >= 0.3 is 5.97 Å². The van der Waals surface area contributed by atoms with Crippen LogP contribution in [0.5, 0.6) is 5.75 Å². The largest absolute Gasteiger partial charge is 0.508 e. The number of rotatable bonds is 4. The first-order valence-corrected chi connectivity index (χ1v) is 9.32. The van der Waals surface area contributed by atoms with Crippen LogP contribution in [0, 0.1) is 0 Å². The number of carbonyl (C=O) groups is 2. The fraction of sp³-hybridized carbons (Fsp3) is 0. The summed E-state index contributed by atoms with van der Waals surface area (Å²) in [6.45, 7) is 0. The summed E-state index contributed by atoms with van der Waals surface area (Å²) in [5.41, 5.74) is 1.44. The Morgan fingerprint density at radius 3 is 2.62 bits per heavy atom. The summed E-state index contributed by atoms with van der Waals surface area (Å²) < 4.78 is 5.81. The molecule has 0 spiro atoms. The minimum atomic E-state index is -0.990. The van der Waals surface area contributed by atoms with E-state index in [0.717, 1.165) is 17.3 Å². The lowest BCUT2D eigenvalue weighted by atomic mass is 10.1. The molecule has 1 aliphatic rings. The van der Waals surface area contributed by atoms with Gasteiger partial charge in [-0.15, -0.1) is 0 Å². The molecule has 4 rings (SSSR count). The smallest absolute Gasteiger partial charge is 0.335 e. The van der Waals surface area contributed by atoms with Crippen molar-refractivity contribution in [1.29, 1.82) is 0 Å². The molecular weight excluding hydrogens is 392 g/mol. The maximum absolute atomic E-state index is 11.8. The molecule has 0 unspecified atom stereocenters. The van der Waals surface area contributed by atoms with E-state index in [1.807, 2.05) is 0 Å². The van der Waals surface area contributed by atoms with Gasteiger partial charge in [0.25, 0.3) is 5.24 Å². The highest BCUT2D eigenvalue weighted by molar-refractivity contribution is 8.18. The summed E-state index contributed by atoms with van der Waals surface area (Å²) in [4.78, 5) is 27.7. The fourth-order valence-corrected chi connectivity index (χ4v) is 3.41. The summed E-state index contributed by atoms with van der Waals surface area (Å²) in [5, 5.41) is 21.0. The maximum Gasteiger partial charge on any atom is 0.335 e. The van der Waals surface area contributed by atoms with E-state index in [4.69, 9.17) is 9.52 Å². The molecule has 0 atom stereocenters. The SMILES string of the molecule is O=C1NC(=Nc2cccc(O)c2)/C(=C/c2ccc(-c3ccc(C(=O)O)cc3)o2)S1. The normalized spacial score (nSPS) is 16.3. The molecular formula is C21H14N2O5S. The van der Waals surface area contributed by atoms with Crippen molar-refractivity contribution in [3.05, 3.63) is 76.9 Å². The second-order valence-corrected chi connectivity index (χ2v) is 7.10. The highest BCUT2D eigenvalue weighted by atomic mass is 32.2. The van der Waals surface area contributed by atoms with Crippen LogP contribution < -0.4 is 5.32 Å². The lowest BCUT2D eigenvalue weighted by molar-refractivity contribution is 0.0697. The molecule has 2 heterocycles. The number of hydrogen-bond donors (Lipinski definition) is 3. The fourth-order valence-electron chi connectivity index (χ4n) is 2.70. The predicted molar refractivity (Wildman–Crippen MR) is 110 cm³/mol. The standard InChI is InChI=1S/C21H14N2O5S/c24-15-3-1-2-14(10-15)22-19-18(29-21(27)23-19)11-16-8-9-17(28-16)12-4-6-13(7-5-12)20(25)26/h1-11,24H,(H,25,26)(H,22,23,27)/b18-11-. The first-order valence-electron chi connectivity index (χ1n) is 8.50. The molecule has 0 bridgehead atoms. The van der Waals surface area contributed by atoms with Crippen molar-refractivity contribution in [1.82, 2.24) is 5.32 Å². The summed E-state index contributed by atoms with van der Waals surface area (Å²) in [6.07, 6.45) is 1.69. The zero-order valence-corrected chi connectivity index (χ0v) is 15.6. The van der Waals surface area contributed by atoms with E-state index >= 15 is 0 Å². The molecule has 7 nitrogen and oxygen atoms in total. The number of thioether (sulfide) groups is 1. The van der Waals surface area contributed by atoms with E-state index in [0.29, 0.717) is 27.9 Å². The number of amides is 1. The summed E-state index contributed by atoms with van der Waals surface area (Å²) in [5.74, 6) is 0.552. The van der Waals surface area contributed by atoms with Gasteiger partial charge in [-0.25, -0.2) is 9.79 Å². The number of furan rings is 1. The Labute approximate surface area is 169 Å². The number of benzene rings is 2. The van der Waals surface area contributed by atoms with Gasteiger partial charge in [-0.2, -0.15) is 0 Å². The molecule has 0 saturated carbocycles. The minimum absolute atomic E-state index is 0.0824. The third kappa shape index (κ3) is 4.22. The summed E-state index contributed by atoms with van der Waals surface area (Å²) in [6, 6.07) is 16.3. The third-order valence-corrected chi connectivity index (χ3v) is 4.86. The van der Waals surface area contributed by atoms with Gasteiger partial charge in [0.1, 0.15) is 23.1 Å². The lowest BCUT2D eigenvalue weighted by Gasteiger charge is -2.00. The van der Waals surface area contributed by atoms with Crippen LogP contribution in [-0.2, 0) is 0 Å². The Balaban J connectivity index is 1.61. The number of hydrogen-bond acceptors (Lipinski definition) is 6. The first kappa shape index (κ1) is 18.6. The predicted octanol–water partition coefficient (Wildman–Crippen LogP) is 4.88. The Bertz CT molecular complexity index is 1160. The van der Waals surface area contributed by atoms with Crippen LogP contribution in [-0.4, -0.2) is 27.3 Å². The Hall–Kier alpha value is -3.78. The van der Waals surface area contributed by atoms with E-state index in [1.54, 1.807) is 42.5 Å². The molecule has 0 aliphatic carbocycles. The molecule has 2 aromatic carbocycles. The Morgan fingerprint density at radius 1 is 1.10 bits per heavy atom. The molecule has 0 radical (unpaired) electrons. The van der Waals surface area contributed by atoms with Crippen molar-refractivity contribution in [2.75, 3.05) is 0 Å². The van der Waals surface area contributed by atoms with E-state index in [9.17, 15) is 14.7 Å². The number of phenols is 1. The van der Waals surface area contributed by atoms with E-state index in [1.165, 1.54) is 24.3 Å². The van der Waals surface area contributed by atoms with Crippen LogP contribution in [0.25, 0.3) is 17.4 Å². The molecule has 1 amide bonds. The Morgan fingerprint density at radius 2 is 1.90 bits per heavy atom. The topological polar surface area (TPSA) is 112 Å².